The van der Waals surface area contributed by atoms with Crippen LogP contribution in [0.1, 0.15) is 29.6 Å². The molecule has 0 aliphatic carbocycles. The molecule has 5 heteroatoms. The Kier molecular flexibility index (Phi) is 3.72. The number of benzene rings is 1. The van der Waals surface area contributed by atoms with E-state index < -0.39 is 0 Å². The molecule has 18 heavy (non-hydrogen) atoms. The van der Waals surface area contributed by atoms with Crippen molar-refractivity contribution in [2.75, 3.05) is 13.1 Å². The SMILES string of the molecule is NCC1CCCCN1C(=O)c1c(O)cccc1O. The van der Waals surface area contributed by atoms with Gasteiger partial charge in [0, 0.05) is 19.1 Å². The quantitative estimate of drug-likeness (QED) is 0.732. The highest BCUT2D eigenvalue weighted by molar-refractivity contribution is 5.99. The van der Waals surface area contributed by atoms with Crippen LogP contribution in [0, 0.1) is 0 Å². The van der Waals surface area contributed by atoms with Crippen molar-refractivity contribution in [1.29, 1.82) is 0 Å². The summed E-state index contributed by atoms with van der Waals surface area (Å²) in [6.07, 6.45) is 2.85. The van der Waals surface area contributed by atoms with Crippen LogP contribution in [0.2, 0.25) is 0 Å². The van der Waals surface area contributed by atoms with Crippen LogP contribution in [0.5, 0.6) is 11.5 Å². The van der Waals surface area contributed by atoms with E-state index in [0.29, 0.717) is 13.1 Å². The number of nitrogens with zero attached hydrogens (tertiary/aromatic N) is 1. The fourth-order valence-corrected chi connectivity index (χ4v) is 2.40. The first kappa shape index (κ1) is 12.7. The van der Waals surface area contributed by atoms with Crippen molar-refractivity contribution >= 4 is 5.91 Å². The van der Waals surface area contributed by atoms with Gasteiger partial charge in [-0.05, 0) is 31.4 Å². The molecule has 1 aliphatic rings. The topological polar surface area (TPSA) is 86.8 Å². The maximum absolute atomic E-state index is 12.4. The Balaban J connectivity index is 2.30. The summed E-state index contributed by atoms with van der Waals surface area (Å²) >= 11 is 0. The van der Waals surface area contributed by atoms with Crippen LogP contribution in [0.25, 0.3) is 0 Å². The first-order valence-corrected chi connectivity index (χ1v) is 6.17. The van der Waals surface area contributed by atoms with E-state index in [0.717, 1.165) is 19.3 Å². The fraction of sp³-hybridized carbons (Fsp3) is 0.462. The number of rotatable bonds is 2. The van der Waals surface area contributed by atoms with E-state index in [-0.39, 0.29) is 29.0 Å². The van der Waals surface area contributed by atoms with Gasteiger partial charge in [0.25, 0.3) is 5.91 Å². The summed E-state index contributed by atoms with van der Waals surface area (Å²) in [7, 11) is 0. The second-order valence-electron chi connectivity index (χ2n) is 4.56. The highest BCUT2D eigenvalue weighted by Crippen LogP contribution is 2.29. The van der Waals surface area contributed by atoms with Crippen LogP contribution in [-0.2, 0) is 0 Å². The van der Waals surface area contributed by atoms with E-state index in [2.05, 4.69) is 0 Å². The largest absolute Gasteiger partial charge is 0.507 e. The molecule has 0 radical (unpaired) electrons. The zero-order chi connectivity index (χ0) is 13.1. The summed E-state index contributed by atoms with van der Waals surface area (Å²) in [5, 5.41) is 19.4. The number of carbonyl (C=O) groups is 1. The molecule has 4 N–H and O–H groups in total. The van der Waals surface area contributed by atoms with Gasteiger partial charge in [0.2, 0.25) is 0 Å². The zero-order valence-electron chi connectivity index (χ0n) is 10.2. The molecule has 1 fully saturated rings. The van der Waals surface area contributed by atoms with Gasteiger partial charge in [-0.2, -0.15) is 0 Å². The number of piperidine rings is 1. The molecule has 1 aliphatic heterocycles. The summed E-state index contributed by atoms with van der Waals surface area (Å²) < 4.78 is 0. The molecular weight excluding hydrogens is 232 g/mol. The summed E-state index contributed by atoms with van der Waals surface area (Å²) in [6, 6.07) is 4.28. The third-order valence-corrected chi connectivity index (χ3v) is 3.39. The van der Waals surface area contributed by atoms with Crippen LogP contribution < -0.4 is 5.73 Å². The van der Waals surface area contributed by atoms with Crippen molar-refractivity contribution in [1.82, 2.24) is 4.90 Å². The standard InChI is InChI=1S/C13H18N2O3/c14-8-9-4-1-2-7-15(9)13(18)12-10(16)5-3-6-11(12)17/h3,5-6,9,16-17H,1-2,4,7-8,14H2. The zero-order valence-corrected chi connectivity index (χ0v) is 10.2. The number of aromatic hydroxyl groups is 2. The Labute approximate surface area is 106 Å². The van der Waals surface area contributed by atoms with Crippen molar-refractivity contribution in [3.05, 3.63) is 23.8 Å². The number of phenolic OH excluding ortho intramolecular Hbond substituents is 2. The lowest BCUT2D eigenvalue weighted by Gasteiger charge is -2.35. The number of likely N-dealkylation sites (tertiary alicyclic amines) is 1. The number of carbonyl (C=O) groups excluding carboxylic acids is 1. The predicted octanol–water partition coefficient (Wildman–Crippen LogP) is 1.05. The van der Waals surface area contributed by atoms with Gasteiger partial charge in [-0.3, -0.25) is 4.79 Å². The van der Waals surface area contributed by atoms with Crippen molar-refractivity contribution in [2.45, 2.75) is 25.3 Å². The Morgan fingerprint density at radius 1 is 1.33 bits per heavy atom. The fourth-order valence-electron chi connectivity index (χ4n) is 2.40. The lowest BCUT2D eigenvalue weighted by molar-refractivity contribution is 0.0617. The van der Waals surface area contributed by atoms with Crippen molar-refractivity contribution < 1.29 is 15.0 Å². The number of phenols is 2. The number of amides is 1. The highest BCUT2D eigenvalue weighted by atomic mass is 16.3. The van der Waals surface area contributed by atoms with Crippen LogP contribution >= 0.6 is 0 Å². The maximum Gasteiger partial charge on any atom is 0.261 e. The summed E-state index contributed by atoms with van der Waals surface area (Å²) in [6.45, 7) is 1.02. The van der Waals surface area contributed by atoms with E-state index in [1.54, 1.807) is 4.90 Å². The second kappa shape index (κ2) is 5.27. The normalized spacial score (nSPS) is 19.8. The molecule has 0 bridgehead atoms. The molecule has 0 saturated carbocycles. The summed E-state index contributed by atoms with van der Waals surface area (Å²) in [5.74, 6) is -0.733. The summed E-state index contributed by atoms with van der Waals surface area (Å²) in [4.78, 5) is 14.0. The minimum atomic E-state index is -0.347. The van der Waals surface area contributed by atoms with Crippen LogP contribution in [0.3, 0.4) is 0 Å². The lowest BCUT2D eigenvalue weighted by atomic mass is 10.0. The van der Waals surface area contributed by atoms with Gasteiger partial charge in [-0.15, -0.1) is 0 Å². The molecular formula is C13H18N2O3. The van der Waals surface area contributed by atoms with Gasteiger partial charge in [0.05, 0.1) is 0 Å². The van der Waals surface area contributed by atoms with Gasteiger partial charge in [0.1, 0.15) is 17.1 Å². The molecule has 1 amide bonds. The minimum absolute atomic E-state index is 0.00902. The van der Waals surface area contributed by atoms with Gasteiger partial charge < -0.3 is 20.8 Å². The molecule has 1 unspecified atom stereocenters. The first-order valence-electron chi connectivity index (χ1n) is 6.17. The Hall–Kier alpha value is -1.75. The molecule has 0 aromatic heterocycles. The Bertz CT molecular complexity index is 428. The molecule has 1 aromatic carbocycles. The van der Waals surface area contributed by atoms with E-state index in [4.69, 9.17) is 5.73 Å². The van der Waals surface area contributed by atoms with Crippen LogP contribution in [-0.4, -0.2) is 40.2 Å². The van der Waals surface area contributed by atoms with Gasteiger partial charge in [-0.1, -0.05) is 6.07 Å². The molecule has 0 spiro atoms. The minimum Gasteiger partial charge on any atom is -0.507 e. The average molecular weight is 250 g/mol. The van der Waals surface area contributed by atoms with Gasteiger partial charge >= 0.3 is 0 Å². The lowest BCUT2D eigenvalue weighted by Crippen LogP contribution is -2.47. The monoisotopic (exact) mass is 250 g/mol. The number of nitrogens with two attached hydrogens (primary N) is 1. The third kappa shape index (κ3) is 2.26. The van der Waals surface area contributed by atoms with E-state index in [1.165, 1.54) is 18.2 Å². The van der Waals surface area contributed by atoms with Gasteiger partial charge in [-0.25, -0.2) is 0 Å². The second-order valence-corrected chi connectivity index (χ2v) is 4.56. The number of hydrogen-bond donors (Lipinski definition) is 3. The number of hydrogen-bond acceptors (Lipinski definition) is 4. The average Bonchev–Trinajstić information content (AvgIpc) is 2.38. The first-order chi connectivity index (χ1) is 8.65. The molecule has 1 atom stereocenters. The van der Waals surface area contributed by atoms with Gasteiger partial charge in [0.15, 0.2) is 0 Å². The molecule has 98 valence electrons. The highest BCUT2D eigenvalue weighted by Gasteiger charge is 2.29. The van der Waals surface area contributed by atoms with E-state index >= 15 is 0 Å². The van der Waals surface area contributed by atoms with Crippen molar-refractivity contribution in [3.63, 3.8) is 0 Å². The summed E-state index contributed by atoms with van der Waals surface area (Å²) in [5.41, 5.74) is 5.64. The Morgan fingerprint density at radius 2 is 2.00 bits per heavy atom. The van der Waals surface area contributed by atoms with Crippen LogP contribution in [0.15, 0.2) is 18.2 Å². The predicted molar refractivity (Wildman–Crippen MR) is 67.5 cm³/mol. The molecule has 1 heterocycles. The van der Waals surface area contributed by atoms with E-state index in [9.17, 15) is 15.0 Å². The maximum atomic E-state index is 12.4. The van der Waals surface area contributed by atoms with Crippen molar-refractivity contribution in [2.24, 2.45) is 5.73 Å². The molecule has 1 saturated heterocycles. The molecule has 5 nitrogen and oxygen atoms in total. The van der Waals surface area contributed by atoms with Crippen LogP contribution in [0.4, 0.5) is 0 Å². The molecule has 1 aromatic rings. The van der Waals surface area contributed by atoms with E-state index in [1.807, 2.05) is 0 Å². The smallest absolute Gasteiger partial charge is 0.261 e. The molecule has 2 rings (SSSR count). The third-order valence-electron chi connectivity index (χ3n) is 3.39. The Morgan fingerprint density at radius 3 is 2.61 bits per heavy atom. The van der Waals surface area contributed by atoms with Crippen molar-refractivity contribution in [3.8, 4) is 11.5 Å².